The molecule has 0 bridgehead atoms. The monoisotopic (exact) mass is 228 g/mol. The highest BCUT2D eigenvalue weighted by molar-refractivity contribution is 5.74. The molecule has 0 aromatic carbocycles. The average molecular weight is 228 g/mol. The van der Waals surface area contributed by atoms with E-state index in [0.717, 1.165) is 19.6 Å². The van der Waals surface area contributed by atoms with E-state index >= 15 is 0 Å². The van der Waals surface area contributed by atoms with Gasteiger partial charge in [-0.1, -0.05) is 6.42 Å². The molecule has 94 valence electrons. The second-order valence-corrected chi connectivity index (χ2v) is 5.05. The molecule has 1 saturated carbocycles. The first-order chi connectivity index (χ1) is 7.58. The van der Waals surface area contributed by atoms with Crippen LogP contribution in [-0.2, 0) is 9.53 Å². The average Bonchev–Trinajstić information content (AvgIpc) is 2.14. The topological polar surface area (TPSA) is 64.3 Å². The number of rotatable bonds is 8. The molecule has 0 saturated heterocycles. The maximum Gasteiger partial charge on any atom is 0.218 e. The molecule has 0 heterocycles. The minimum absolute atomic E-state index is 0.178. The van der Waals surface area contributed by atoms with Gasteiger partial charge in [0, 0.05) is 32.7 Å². The smallest absolute Gasteiger partial charge is 0.218 e. The Balaban J connectivity index is 2.25. The summed E-state index contributed by atoms with van der Waals surface area (Å²) < 4.78 is 5.14. The van der Waals surface area contributed by atoms with Crippen molar-refractivity contribution in [2.24, 2.45) is 11.1 Å². The molecule has 0 aliphatic heterocycles. The van der Waals surface area contributed by atoms with Crippen molar-refractivity contribution in [1.82, 2.24) is 5.32 Å². The molecule has 0 aromatic rings. The Morgan fingerprint density at radius 1 is 1.56 bits per heavy atom. The normalized spacial score (nSPS) is 20.1. The third-order valence-corrected chi connectivity index (χ3v) is 3.58. The van der Waals surface area contributed by atoms with Crippen molar-refractivity contribution < 1.29 is 9.53 Å². The van der Waals surface area contributed by atoms with Gasteiger partial charge in [-0.05, 0) is 31.6 Å². The first-order valence-electron chi connectivity index (χ1n) is 6.09. The van der Waals surface area contributed by atoms with Gasteiger partial charge in [-0.3, -0.25) is 4.79 Å². The van der Waals surface area contributed by atoms with Crippen molar-refractivity contribution >= 4 is 5.91 Å². The summed E-state index contributed by atoms with van der Waals surface area (Å²) in [7, 11) is 1.75. The molecular formula is C12H24N2O2. The maximum atomic E-state index is 10.8. The van der Waals surface area contributed by atoms with E-state index in [1.807, 2.05) is 6.92 Å². The zero-order chi connectivity index (χ0) is 12.0. The Labute approximate surface area is 97.9 Å². The van der Waals surface area contributed by atoms with Crippen LogP contribution in [0.5, 0.6) is 0 Å². The third kappa shape index (κ3) is 4.10. The summed E-state index contributed by atoms with van der Waals surface area (Å²) in [5.74, 6) is -0.237. The van der Waals surface area contributed by atoms with Crippen molar-refractivity contribution in [2.75, 3.05) is 20.3 Å². The fourth-order valence-electron chi connectivity index (χ4n) is 2.28. The molecule has 0 aromatic heterocycles. The molecule has 3 N–H and O–H groups in total. The lowest BCUT2D eigenvalue weighted by molar-refractivity contribution is -0.118. The first kappa shape index (κ1) is 13.5. The van der Waals surface area contributed by atoms with Crippen LogP contribution in [0, 0.1) is 5.41 Å². The molecule has 0 radical (unpaired) electrons. The van der Waals surface area contributed by atoms with E-state index in [1.54, 1.807) is 7.11 Å². The van der Waals surface area contributed by atoms with Gasteiger partial charge in [-0.25, -0.2) is 0 Å². The highest BCUT2D eigenvalue weighted by Crippen LogP contribution is 2.43. The number of nitrogens with one attached hydrogen (secondary N) is 1. The molecule has 1 amide bonds. The molecule has 1 atom stereocenters. The highest BCUT2D eigenvalue weighted by atomic mass is 16.5. The largest absolute Gasteiger partial charge is 0.385 e. The quantitative estimate of drug-likeness (QED) is 0.652. The van der Waals surface area contributed by atoms with E-state index in [-0.39, 0.29) is 11.9 Å². The van der Waals surface area contributed by atoms with E-state index < -0.39 is 0 Å². The number of methoxy groups -OCH3 is 1. The summed E-state index contributed by atoms with van der Waals surface area (Å²) >= 11 is 0. The van der Waals surface area contributed by atoms with Gasteiger partial charge in [0.05, 0.1) is 0 Å². The van der Waals surface area contributed by atoms with Crippen molar-refractivity contribution in [2.45, 2.75) is 45.1 Å². The summed E-state index contributed by atoms with van der Waals surface area (Å²) in [6, 6.07) is 0.178. The van der Waals surface area contributed by atoms with Crippen LogP contribution < -0.4 is 11.1 Å². The van der Waals surface area contributed by atoms with Gasteiger partial charge in [0.25, 0.3) is 0 Å². The molecular weight excluding hydrogens is 204 g/mol. The Kier molecular flexibility index (Phi) is 5.22. The van der Waals surface area contributed by atoms with Gasteiger partial charge in [-0.2, -0.15) is 0 Å². The van der Waals surface area contributed by atoms with Crippen LogP contribution in [0.25, 0.3) is 0 Å². The number of nitrogens with two attached hydrogens (primary N) is 1. The number of ether oxygens (including phenoxy) is 1. The summed E-state index contributed by atoms with van der Waals surface area (Å²) in [5.41, 5.74) is 5.57. The molecule has 16 heavy (non-hydrogen) atoms. The number of primary amides is 1. The van der Waals surface area contributed by atoms with Gasteiger partial charge < -0.3 is 15.8 Å². The van der Waals surface area contributed by atoms with Crippen LogP contribution in [0.1, 0.15) is 39.0 Å². The van der Waals surface area contributed by atoms with Gasteiger partial charge in [0.2, 0.25) is 5.91 Å². The predicted octanol–water partition coefficient (Wildman–Crippen LogP) is 1.05. The van der Waals surface area contributed by atoms with Gasteiger partial charge in [-0.15, -0.1) is 0 Å². The van der Waals surface area contributed by atoms with E-state index in [4.69, 9.17) is 10.5 Å². The Bertz CT molecular complexity index is 227. The third-order valence-electron chi connectivity index (χ3n) is 3.58. The van der Waals surface area contributed by atoms with Gasteiger partial charge in [0.1, 0.15) is 0 Å². The first-order valence-corrected chi connectivity index (χ1v) is 6.09. The molecule has 4 nitrogen and oxygen atoms in total. The number of carbonyl (C=O) groups is 1. The summed E-state index contributed by atoms with van der Waals surface area (Å²) in [6.45, 7) is 3.81. The van der Waals surface area contributed by atoms with Crippen molar-refractivity contribution in [3.8, 4) is 0 Å². The molecule has 1 aliphatic rings. The molecule has 0 spiro atoms. The lowest BCUT2D eigenvalue weighted by Gasteiger charge is -2.43. The van der Waals surface area contributed by atoms with Crippen molar-refractivity contribution in [3.05, 3.63) is 0 Å². The lowest BCUT2D eigenvalue weighted by atomic mass is 9.66. The van der Waals surface area contributed by atoms with Crippen LogP contribution in [0.4, 0.5) is 0 Å². The Morgan fingerprint density at radius 2 is 2.25 bits per heavy atom. The summed E-state index contributed by atoms with van der Waals surface area (Å²) in [4.78, 5) is 10.8. The minimum Gasteiger partial charge on any atom is -0.385 e. The predicted molar refractivity (Wildman–Crippen MR) is 64.1 cm³/mol. The van der Waals surface area contributed by atoms with Crippen molar-refractivity contribution in [3.63, 3.8) is 0 Å². The fraction of sp³-hybridized carbons (Fsp3) is 0.917. The van der Waals surface area contributed by atoms with E-state index in [1.165, 1.54) is 19.3 Å². The lowest BCUT2D eigenvalue weighted by Crippen LogP contribution is -2.44. The fourth-order valence-corrected chi connectivity index (χ4v) is 2.28. The molecule has 1 unspecified atom stereocenters. The van der Waals surface area contributed by atoms with Gasteiger partial charge >= 0.3 is 0 Å². The molecule has 4 heteroatoms. The highest BCUT2D eigenvalue weighted by Gasteiger charge is 2.36. The van der Waals surface area contributed by atoms with E-state index in [9.17, 15) is 4.79 Å². The number of hydrogen-bond acceptors (Lipinski definition) is 3. The van der Waals surface area contributed by atoms with Gasteiger partial charge in [0.15, 0.2) is 0 Å². The number of hydrogen-bond donors (Lipinski definition) is 2. The van der Waals surface area contributed by atoms with Crippen LogP contribution in [0.15, 0.2) is 0 Å². The van der Waals surface area contributed by atoms with Crippen LogP contribution in [0.2, 0.25) is 0 Å². The summed E-state index contributed by atoms with van der Waals surface area (Å²) in [5, 5.41) is 3.41. The Morgan fingerprint density at radius 3 is 2.69 bits per heavy atom. The van der Waals surface area contributed by atoms with E-state index in [0.29, 0.717) is 11.8 Å². The van der Waals surface area contributed by atoms with Crippen LogP contribution in [0.3, 0.4) is 0 Å². The molecule has 1 aliphatic carbocycles. The molecule has 1 rings (SSSR count). The maximum absolute atomic E-state index is 10.8. The van der Waals surface area contributed by atoms with Crippen LogP contribution >= 0.6 is 0 Å². The SMILES string of the molecule is COCCC1(CNC(C)CC(N)=O)CCC1. The second kappa shape index (κ2) is 6.21. The summed E-state index contributed by atoms with van der Waals surface area (Å²) in [6.07, 6.45) is 5.38. The van der Waals surface area contributed by atoms with E-state index in [2.05, 4.69) is 5.32 Å². The number of amides is 1. The zero-order valence-electron chi connectivity index (χ0n) is 10.4. The van der Waals surface area contributed by atoms with Crippen LogP contribution in [-0.4, -0.2) is 32.2 Å². The van der Waals surface area contributed by atoms with Crippen molar-refractivity contribution in [1.29, 1.82) is 0 Å². The molecule has 1 fully saturated rings. The number of carbonyl (C=O) groups excluding carboxylic acids is 1. The minimum atomic E-state index is -0.237. The second-order valence-electron chi connectivity index (χ2n) is 5.05. The zero-order valence-corrected chi connectivity index (χ0v) is 10.4. The standard InChI is InChI=1S/C12H24N2O2/c1-10(8-11(13)15)14-9-12(4-3-5-12)6-7-16-2/h10,14H,3-9H2,1-2H3,(H2,13,15). The Hall–Kier alpha value is -0.610.